The third-order valence-corrected chi connectivity index (χ3v) is 5.64. The first kappa shape index (κ1) is 12.7. The van der Waals surface area contributed by atoms with Gasteiger partial charge in [0.1, 0.15) is 0 Å². The summed E-state index contributed by atoms with van der Waals surface area (Å²) in [6, 6.07) is 10.3. The zero-order valence-corrected chi connectivity index (χ0v) is 13.0. The highest BCUT2D eigenvalue weighted by Gasteiger charge is 2.14. The zero-order chi connectivity index (χ0) is 13.6. The molecular formula is C14H13BrN2OS. The van der Waals surface area contributed by atoms with Crippen LogP contribution in [0, 0.1) is 0 Å². The van der Waals surface area contributed by atoms with E-state index in [9.17, 15) is 4.79 Å². The smallest absolute Gasteiger partial charge is 0.295 e. The molecule has 0 bridgehead atoms. The van der Waals surface area contributed by atoms with Gasteiger partial charge in [-0.3, -0.25) is 9.13 Å². The van der Waals surface area contributed by atoms with Crippen molar-refractivity contribution >= 4 is 38.3 Å². The Morgan fingerprint density at radius 3 is 2.58 bits per heavy atom. The molecule has 2 heterocycles. The van der Waals surface area contributed by atoms with Crippen molar-refractivity contribution in [2.75, 3.05) is 0 Å². The highest BCUT2D eigenvalue weighted by molar-refractivity contribution is 9.09. The molecule has 0 saturated heterocycles. The van der Waals surface area contributed by atoms with E-state index >= 15 is 0 Å². The van der Waals surface area contributed by atoms with Gasteiger partial charge in [0.05, 0.1) is 15.9 Å². The van der Waals surface area contributed by atoms with Gasteiger partial charge in [-0.25, -0.2) is 4.79 Å². The number of halogens is 1. The van der Waals surface area contributed by atoms with E-state index in [0.29, 0.717) is 0 Å². The summed E-state index contributed by atoms with van der Waals surface area (Å²) >= 11 is 5.45. The van der Waals surface area contributed by atoms with Crippen LogP contribution in [0.3, 0.4) is 0 Å². The first-order valence-corrected chi connectivity index (χ1v) is 7.72. The fourth-order valence-electron chi connectivity index (χ4n) is 2.28. The Labute approximate surface area is 123 Å². The summed E-state index contributed by atoms with van der Waals surface area (Å²) < 4.78 is 3.36. The molecule has 0 aliphatic heterocycles. The van der Waals surface area contributed by atoms with E-state index in [0.717, 1.165) is 16.6 Å². The van der Waals surface area contributed by atoms with Gasteiger partial charge < -0.3 is 0 Å². The molecule has 0 aliphatic carbocycles. The molecule has 3 rings (SSSR count). The maximum atomic E-state index is 11.9. The van der Waals surface area contributed by atoms with Crippen molar-refractivity contribution in [2.24, 2.45) is 14.1 Å². The number of thiophene rings is 1. The average molecular weight is 337 g/mol. The number of imidazole rings is 1. The Morgan fingerprint density at radius 1 is 1.16 bits per heavy atom. The fourth-order valence-corrected chi connectivity index (χ4v) is 3.77. The topological polar surface area (TPSA) is 26.9 Å². The fraction of sp³-hybridized carbons (Fsp3) is 0.214. The lowest BCUT2D eigenvalue weighted by Crippen LogP contribution is -2.19. The minimum Gasteiger partial charge on any atom is -0.295 e. The van der Waals surface area contributed by atoms with Crippen LogP contribution in [0.5, 0.6) is 0 Å². The van der Waals surface area contributed by atoms with E-state index in [1.807, 2.05) is 19.2 Å². The Bertz CT molecular complexity index is 786. The van der Waals surface area contributed by atoms with E-state index in [1.54, 1.807) is 27.5 Å². The van der Waals surface area contributed by atoms with E-state index in [1.165, 1.54) is 4.88 Å². The highest BCUT2D eigenvalue weighted by Crippen LogP contribution is 2.34. The van der Waals surface area contributed by atoms with Crippen molar-refractivity contribution in [1.29, 1.82) is 0 Å². The average Bonchev–Trinajstić information content (AvgIpc) is 3.03. The second-order valence-corrected chi connectivity index (χ2v) is 6.42. The van der Waals surface area contributed by atoms with Crippen LogP contribution >= 0.6 is 27.3 Å². The standard InChI is InChI=1S/C14H13BrN2OS/c1-16-10-6-5-9(8-11(10)17(2)14(16)18)13(15)12-4-3-7-19-12/h3-8,13H,1-2H3. The number of fused-ring (bicyclic) bond motifs is 1. The number of rotatable bonds is 2. The largest absolute Gasteiger partial charge is 0.328 e. The second kappa shape index (κ2) is 4.65. The Balaban J connectivity index is 2.17. The molecule has 1 aromatic carbocycles. The lowest BCUT2D eigenvalue weighted by molar-refractivity contribution is 0.795. The number of aromatic nitrogens is 2. The molecule has 3 aromatic rings. The zero-order valence-electron chi connectivity index (χ0n) is 10.6. The van der Waals surface area contributed by atoms with E-state index < -0.39 is 0 Å². The maximum absolute atomic E-state index is 11.9. The normalized spacial score (nSPS) is 13.0. The number of hydrogen-bond donors (Lipinski definition) is 0. The minimum absolute atomic E-state index is 0.00870. The molecule has 3 nitrogen and oxygen atoms in total. The van der Waals surface area contributed by atoms with Crippen molar-refractivity contribution in [3.05, 3.63) is 56.6 Å². The molecule has 0 aliphatic rings. The van der Waals surface area contributed by atoms with E-state index in [4.69, 9.17) is 0 Å². The molecule has 1 unspecified atom stereocenters. The van der Waals surface area contributed by atoms with Crippen molar-refractivity contribution in [3.8, 4) is 0 Å². The molecular weight excluding hydrogens is 324 g/mol. The molecule has 0 fully saturated rings. The van der Waals surface area contributed by atoms with Crippen LogP contribution in [0.15, 0.2) is 40.5 Å². The number of alkyl halides is 1. The summed E-state index contributed by atoms with van der Waals surface area (Å²) in [7, 11) is 3.61. The summed E-state index contributed by atoms with van der Waals surface area (Å²) in [6.07, 6.45) is 0. The van der Waals surface area contributed by atoms with Gasteiger partial charge in [0, 0.05) is 19.0 Å². The minimum atomic E-state index is 0.00870. The number of nitrogens with zero attached hydrogens (tertiary/aromatic N) is 2. The number of benzene rings is 1. The van der Waals surface area contributed by atoms with Crippen molar-refractivity contribution < 1.29 is 0 Å². The molecule has 0 saturated carbocycles. The van der Waals surface area contributed by atoms with Gasteiger partial charge in [-0.1, -0.05) is 28.1 Å². The summed E-state index contributed by atoms with van der Waals surface area (Å²) in [4.78, 5) is 13.4. The first-order chi connectivity index (χ1) is 9.09. The maximum Gasteiger partial charge on any atom is 0.328 e. The molecule has 98 valence electrons. The number of hydrogen-bond acceptors (Lipinski definition) is 2. The van der Waals surface area contributed by atoms with Crippen LogP contribution in [0.25, 0.3) is 11.0 Å². The predicted octanol–water partition coefficient (Wildman–Crippen LogP) is 3.42. The van der Waals surface area contributed by atoms with Gasteiger partial charge in [-0.05, 0) is 29.1 Å². The van der Waals surface area contributed by atoms with Crippen molar-refractivity contribution in [2.45, 2.75) is 4.83 Å². The van der Waals surface area contributed by atoms with Gasteiger partial charge in [-0.15, -0.1) is 11.3 Å². The van der Waals surface area contributed by atoms with Gasteiger partial charge >= 0.3 is 5.69 Å². The monoisotopic (exact) mass is 336 g/mol. The molecule has 2 aromatic heterocycles. The van der Waals surface area contributed by atoms with Crippen LogP contribution in [-0.2, 0) is 14.1 Å². The number of aryl methyl sites for hydroxylation is 2. The quantitative estimate of drug-likeness (QED) is 0.658. The third kappa shape index (κ3) is 1.97. The Morgan fingerprint density at radius 2 is 1.89 bits per heavy atom. The van der Waals surface area contributed by atoms with Crippen molar-refractivity contribution in [3.63, 3.8) is 0 Å². The predicted molar refractivity (Wildman–Crippen MR) is 83.2 cm³/mol. The van der Waals surface area contributed by atoms with Gasteiger partial charge in [0.15, 0.2) is 0 Å². The Hall–Kier alpha value is -1.33. The van der Waals surface area contributed by atoms with Gasteiger partial charge in [0.25, 0.3) is 0 Å². The molecule has 0 amide bonds. The molecule has 0 spiro atoms. The van der Waals surface area contributed by atoms with Crippen LogP contribution in [-0.4, -0.2) is 9.13 Å². The molecule has 1 atom stereocenters. The summed E-state index contributed by atoms with van der Waals surface area (Å²) in [5.74, 6) is 0. The first-order valence-electron chi connectivity index (χ1n) is 5.92. The van der Waals surface area contributed by atoms with Crippen LogP contribution in [0.2, 0.25) is 0 Å². The lowest BCUT2D eigenvalue weighted by atomic mass is 10.1. The Kier molecular flexibility index (Phi) is 3.11. The van der Waals surface area contributed by atoms with Gasteiger partial charge in [-0.2, -0.15) is 0 Å². The van der Waals surface area contributed by atoms with Gasteiger partial charge in [0.2, 0.25) is 0 Å². The summed E-state index contributed by atoms with van der Waals surface area (Å²) in [5.41, 5.74) is 3.10. The molecule has 5 heteroatoms. The van der Waals surface area contributed by atoms with Crippen molar-refractivity contribution in [1.82, 2.24) is 9.13 Å². The summed E-state index contributed by atoms with van der Waals surface area (Å²) in [6.45, 7) is 0. The third-order valence-electron chi connectivity index (χ3n) is 3.38. The van der Waals surface area contributed by atoms with E-state index in [2.05, 4.69) is 39.5 Å². The van der Waals surface area contributed by atoms with Crippen LogP contribution < -0.4 is 5.69 Å². The van der Waals surface area contributed by atoms with E-state index in [-0.39, 0.29) is 10.5 Å². The second-order valence-electron chi connectivity index (χ2n) is 4.53. The molecule has 19 heavy (non-hydrogen) atoms. The van der Waals surface area contributed by atoms with Crippen LogP contribution in [0.1, 0.15) is 15.3 Å². The summed E-state index contributed by atoms with van der Waals surface area (Å²) in [5, 5.41) is 2.07. The lowest BCUT2D eigenvalue weighted by Gasteiger charge is -2.08. The highest BCUT2D eigenvalue weighted by atomic mass is 79.9. The molecule has 0 N–H and O–H groups in total. The molecule has 0 radical (unpaired) electrons. The SMILES string of the molecule is Cn1c(=O)n(C)c2cc(C(Br)c3cccs3)ccc21. The van der Waals surface area contributed by atoms with Crippen LogP contribution in [0.4, 0.5) is 0 Å².